The molecule has 2 unspecified atom stereocenters. The average molecular weight is 413 g/mol. The molecular formula is C16H12Br2FNO. The normalized spacial score (nSPS) is 20.1. The number of benzene rings is 2. The minimum Gasteiger partial charge on any atom is -0.325 e. The van der Waals surface area contributed by atoms with Crippen molar-refractivity contribution >= 4 is 43.5 Å². The summed E-state index contributed by atoms with van der Waals surface area (Å²) in [4.78, 5) is 12.2. The van der Waals surface area contributed by atoms with E-state index in [-0.39, 0.29) is 23.6 Å². The first kappa shape index (κ1) is 14.7. The van der Waals surface area contributed by atoms with Gasteiger partial charge in [0.2, 0.25) is 5.91 Å². The molecule has 1 fully saturated rings. The predicted molar refractivity (Wildman–Crippen MR) is 87.7 cm³/mol. The van der Waals surface area contributed by atoms with Crippen LogP contribution >= 0.6 is 31.9 Å². The molecule has 1 N–H and O–H groups in total. The Labute approximate surface area is 139 Å². The summed E-state index contributed by atoms with van der Waals surface area (Å²) in [5, 5.41) is 2.89. The van der Waals surface area contributed by atoms with E-state index >= 15 is 0 Å². The van der Waals surface area contributed by atoms with Crippen LogP contribution in [0.5, 0.6) is 0 Å². The monoisotopic (exact) mass is 411 g/mol. The summed E-state index contributed by atoms with van der Waals surface area (Å²) in [6, 6.07) is 12.2. The number of anilines is 1. The predicted octanol–water partition coefficient (Wildman–Crippen LogP) is 5.09. The highest BCUT2D eigenvalue weighted by Gasteiger charge is 2.45. The molecule has 0 aliphatic heterocycles. The van der Waals surface area contributed by atoms with Gasteiger partial charge in [0.05, 0.1) is 5.69 Å². The number of amides is 1. The maximum Gasteiger partial charge on any atom is 0.228 e. The molecule has 3 rings (SSSR count). The number of carbonyl (C=O) groups excluding carboxylic acids is 1. The first-order chi connectivity index (χ1) is 10.1. The van der Waals surface area contributed by atoms with Gasteiger partial charge in [-0.05, 0) is 58.1 Å². The molecule has 0 heterocycles. The van der Waals surface area contributed by atoms with Crippen molar-refractivity contribution in [2.75, 3.05) is 5.32 Å². The lowest BCUT2D eigenvalue weighted by Crippen LogP contribution is -2.15. The second-order valence-electron chi connectivity index (χ2n) is 5.08. The summed E-state index contributed by atoms with van der Waals surface area (Å²) >= 11 is 6.78. The Hall–Kier alpha value is -1.20. The van der Waals surface area contributed by atoms with Crippen molar-refractivity contribution in [2.24, 2.45) is 5.92 Å². The minimum absolute atomic E-state index is 0.0135. The van der Waals surface area contributed by atoms with Crippen molar-refractivity contribution in [1.82, 2.24) is 0 Å². The zero-order chi connectivity index (χ0) is 15.0. The summed E-state index contributed by atoms with van der Waals surface area (Å²) in [6.07, 6.45) is 0.695. The van der Waals surface area contributed by atoms with E-state index in [1.54, 1.807) is 18.2 Å². The second-order valence-corrected chi connectivity index (χ2v) is 6.85. The Morgan fingerprint density at radius 2 is 1.95 bits per heavy atom. The lowest BCUT2D eigenvalue weighted by Gasteiger charge is -2.08. The Morgan fingerprint density at radius 1 is 1.19 bits per heavy atom. The number of hydrogen-bond donors (Lipinski definition) is 1. The van der Waals surface area contributed by atoms with E-state index < -0.39 is 0 Å². The highest BCUT2D eigenvalue weighted by Crippen LogP contribution is 2.48. The van der Waals surface area contributed by atoms with Gasteiger partial charge in [-0.2, -0.15) is 0 Å². The lowest BCUT2D eigenvalue weighted by molar-refractivity contribution is -0.117. The first-order valence-corrected chi connectivity index (χ1v) is 8.15. The fourth-order valence-corrected chi connectivity index (χ4v) is 3.57. The fourth-order valence-electron chi connectivity index (χ4n) is 2.42. The number of halogens is 3. The number of carbonyl (C=O) groups is 1. The average Bonchev–Trinajstić information content (AvgIpc) is 3.23. The van der Waals surface area contributed by atoms with Gasteiger partial charge in [0.15, 0.2) is 0 Å². The molecular weight excluding hydrogens is 401 g/mol. The van der Waals surface area contributed by atoms with Crippen LogP contribution in [0.3, 0.4) is 0 Å². The van der Waals surface area contributed by atoms with Crippen LogP contribution in [-0.4, -0.2) is 5.91 Å². The van der Waals surface area contributed by atoms with Crippen molar-refractivity contribution in [3.8, 4) is 0 Å². The van der Waals surface area contributed by atoms with Crippen molar-refractivity contribution in [2.45, 2.75) is 12.3 Å². The summed E-state index contributed by atoms with van der Waals surface area (Å²) in [6.45, 7) is 0. The molecule has 0 spiro atoms. The summed E-state index contributed by atoms with van der Waals surface area (Å²) in [5.74, 6) is -0.466. The lowest BCUT2D eigenvalue weighted by atomic mass is 10.1. The van der Waals surface area contributed by atoms with Crippen LogP contribution in [0.25, 0.3) is 0 Å². The topological polar surface area (TPSA) is 29.1 Å². The van der Waals surface area contributed by atoms with Crippen molar-refractivity contribution in [3.05, 3.63) is 62.8 Å². The largest absolute Gasteiger partial charge is 0.325 e. The molecule has 1 aliphatic rings. The Balaban J connectivity index is 1.70. The molecule has 0 bridgehead atoms. The molecule has 0 radical (unpaired) electrons. The SMILES string of the molecule is O=C(Nc1ccc(Br)cc1Br)C1CC1c1ccccc1F. The van der Waals surface area contributed by atoms with Gasteiger partial charge in [0, 0.05) is 14.9 Å². The molecule has 2 atom stereocenters. The van der Waals surface area contributed by atoms with Crippen molar-refractivity contribution in [1.29, 1.82) is 0 Å². The zero-order valence-corrected chi connectivity index (χ0v) is 14.1. The van der Waals surface area contributed by atoms with Crippen LogP contribution < -0.4 is 5.32 Å². The maximum absolute atomic E-state index is 13.7. The van der Waals surface area contributed by atoms with Crippen LogP contribution in [0, 0.1) is 11.7 Å². The highest BCUT2D eigenvalue weighted by atomic mass is 79.9. The van der Waals surface area contributed by atoms with E-state index in [2.05, 4.69) is 37.2 Å². The van der Waals surface area contributed by atoms with Gasteiger partial charge in [0.1, 0.15) is 5.82 Å². The van der Waals surface area contributed by atoms with E-state index in [1.165, 1.54) is 6.07 Å². The molecule has 108 valence electrons. The number of rotatable bonds is 3. The Bertz CT molecular complexity index is 704. The molecule has 0 saturated heterocycles. The molecule has 0 aromatic heterocycles. The van der Waals surface area contributed by atoms with Gasteiger partial charge in [-0.25, -0.2) is 4.39 Å². The quantitative estimate of drug-likeness (QED) is 0.747. The third-order valence-electron chi connectivity index (χ3n) is 3.62. The fraction of sp³-hybridized carbons (Fsp3) is 0.188. The van der Waals surface area contributed by atoms with E-state index in [1.807, 2.05) is 18.2 Å². The number of hydrogen-bond acceptors (Lipinski definition) is 1. The smallest absolute Gasteiger partial charge is 0.228 e. The Kier molecular flexibility index (Phi) is 4.13. The van der Waals surface area contributed by atoms with Crippen molar-refractivity contribution in [3.63, 3.8) is 0 Å². The molecule has 5 heteroatoms. The second kappa shape index (κ2) is 5.89. The van der Waals surface area contributed by atoms with Gasteiger partial charge in [0.25, 0.3) is 0 Å². The van der Waals surface area contributed by atoms with E-state index in [4.69, 9.17) is 0 Å². The van der Waals surface area contributed by atoms with Crippen LogP contribution in [0.2, 0.25) is 0 Å². The molecule has 2 aromatic rings. The van der Waals surface area contributed by atoms with E-state index in [0.29, 0.717) is 12.0 Å². The van der Waals surface area contributed by atoms with E-state index in [9.17, 15) is 9.18 Å². The van der Waals surface area contributed by atoms with Crippen LogP contribution in [-0.2, 0) is 4.79 Å². The van der Waals surface area contributed by atoms with Gasteiger partial charge in [-0.15, -0.1) is 0 Å². The van der Waals surface area contributed by atoms with Crippen molar-refractivity contribution < 1.29 is 9.18 Å². The summed E-state index contributed by atoms with van der Waals surface area (Å²) in [5.41, 5.74) is 1.36. The summed E-state index contributed by atoms with van der Waals surface area (Å²) < 4.78 is 15.5. The zero-order valence-electron chi connectivity index (χ0n) is 10.9. The molecule has 2 nitrogen and oxygen atoms in total. The number of nitrogens with one attached hydrogen (secondary N) is 1. The van der Waals surface area contributed by atoms with Crippen LogP contribution in [0.15, 0.2) is 51.4 Å². The van der Waals surface area contributed by atoms with Gasteiger partial charge in [-0.3, -0.25) is 4.79 Å². The van der Waals surface area contributed by atoms with Crippen LogP contribution in [0.4, 0.5) is 10.1 Å². The standard InChI is InChI=1S/C16H12Br2FNO/c17-9-5-6-15(13(18)7-9)20-16(21)12-8-11(12)10-3-1-2-4-14(10)19/h1-7,11-12H,8H2,(H,20,21). The third kappa shape index (κ3) is 3.19. The van der Waals surface area contributed by atoms with E-state index in [0.717, 1.165) is 14.6 Å². The summed E-state index contributed by atoms with van der Waals surface area (Å²) in [7, 11) is 0. The first-order valence-electron chi connectivity index (χ1n) is 6.56. The van der Waals surface area contributed by atoms with Gasteiger partial charge >= 0.3 is 0 Å². The molecule has 1 saturated carbocycles. The third-order valence-corrected chi connectivity index (χ3v) is 4.77. The van der Waals surface area contributed by atoms with Gasteiger partial charge in [-0.1, -0.05) is 34.1 Å². The molecule has 1 aliphatic carbocycles. The highest BCUT2D eigenvalue weighted by molar-refractivity contribution is 9.11. The molecule has 1 amide bonds. The maximum atomic E-state index is 13.7. The molecule has 2 aromatic carbocycles. The molecule has 21 heavy (non-hydrogen) atoms. The minimum atomic E-state index is -0.234. The van der Waals surface area contributed by atoms with Gasteiger partial charge < -0.3 is 5.32 Å². The Morgan fingerprint density at radius 3 is 2.67 bits per heavy atom. The van der Waals surface area contributed by atoms with Crippen LogP contribution in [0.1, 0.15) is 17.9 Å².